The number of halogens is 1. The molecule has 0 aliphatic heterocycles. The predicted octanol–water partition coefficient (Wildman–Crippen LogP) is 0.898. The number of carbonyl (C=O) groups is 1. The Kier molecular flexibility index (Phi) is 13.3. The van der Waals surface area contributed by atoms with Crippen molar-refractivity contribution in [2.45, 2.75) is 26.4 Å². The molecule has 0 aliphatic carbocycles. The van der Waals surface area contributed by atoms with Crippen LogP contribution in [0.15, 0.2) is 0 Å². The van der Waals surface area contributed by atoms with Gasteiger partial charge >= 0.3 is 0 Å². The van der Waals surface area contributed by atoms with Gasteiger partial charge in [-0.15, -0.1) is 0 Å². The van der Waals surface area contributed by atoms with Crippen molar-refractivity contribution < 1.29 is 9.18 Å². The summed E-state index contributed by atoms with van der Waals surface area (Å²) in [6.45, 7) is 4.24. The number of aldehydes is 1. The lowest BCUT2D eigenvalue weighted by Gasteiger charge is -1.91. The highest BCUT2D eigenvalue weighted by atomic mass is 19.1. The first-order chi connectivity index (χ1) is 4.31. The van der Waals surface area contributed by atoms with E-state index < -0.39 is 6.17 Å². The van der Waals surface area contributed by atoms with Gasteiger partial charge in [0.1, 0.15) is 0 Å². The van der Waals surface area contributed by atoms with Gasteiger partial charge in [-0.3, -0.25) is 0 Å². The Balaban J connectivity index is 0. The normalized spacial score (nSPS) is 11.1. The molecule has 0 heterocycles. The van der Waals surface area contributed by atoms with E-state index in [2.05, 4.69) is 0 Å². The maximum absolute atomic E-state index is 11.7. The van der Waals surface area contributed by atoms with E-state index in [4.69, 9.17) is 5.73 Å². The third kappa shape index (κ3) is 11.2. The molecule has 0 aromatic heterocycles. The monoisotopic (exact) mass is 135 g/mol. The number of hydrogen-bond donors (Lipinski definition) is 1. The predicted molar refractivity (Wildman–Crippen MR) is 36.0 cm³/mol. The average Bonchev–Trinajstić information content (AvgIpc) is 1.93. The molecular weight excluding hydrogens is 121 g/mol. The molecule has 3 heteroatoms. The quantitative estimate of drug-likeness (QED) is 0.584. The third-order valence-electron chi connectivity index (χ3n) is 0.590. The van der Waals surface area contributed by atoms with Crippen LogP contribution in [-0.4, -0.2) is 19.0 Å². The first kappa shape index (κ1) is 11.4. The zero-order valence-corrected chi connectivity index (χ0v) is 5.93. The van der Waals surface area contributed by atoms with Gasteiger partial charge in [-0.05, 0) is 13.0 Å². The largest absolute Gasteiger partial charge is 0.330 e. The van der Waals surface area contributed by atoms with Gasteiger partial charge in [0, 0.05) is 0 Å². The van der Waals surface area contributed by atoms with Crippen molar-refractivity contribution in [3.8, 4) is 0 Å². The highest BCUT2D eigenvalue weighted by Crippen LogP contribution is 1.88. The van der Waals surface area contributed by atoms with E-state index in [1.165, 1.54) is 0 Å². The Morgan fingerprint density at radius 3 is 2.22 bits per heavy atom. The van der Waals surface area contributed by atoms with E-state index in [1.807, 2.05) is 13.8 Å². The fourth-order valence-corrected chi connectivity index (χ4v) is 0.227. The van der Waals surface area contributed by atoms with E-state index in [9.17, 15) is 9.18 Å². The smallest absolute Gasteiger partial charge is 0.156 e. The van der Waals surface area contributed by atoms with Crippen LogP contribution in [-0.2, 0) is 4.79 Å². The number of nitrogens with two attached hydrogens (primary N) is 1. The lowest BCUT2D eigenvalue weighted by Crippen LogP contribution is -2.09. The molecule has 0 rings (SSSR count). The number of hydrogen-bond acceptors (Lipinski definition) is 2. The van der Waals surface area contributed by atoms with Crippen LogP contribution in [0.4, 0.5) is 4.39 Å². The van der Waals surface area contributed by atoms with E-state index in [1.54, 1.807) is 0 Å². The van der Waals surface area contributed by atoms with Crippen LogP contribution in [0, 0.1) is 0 Å². The lowest BCUT2D eigenvalue weighted by atomic mass is 10.3. The van der Waals surface area contributed by atoms with Gasteiger partial charge in [0.15, 0.2) is 12.5 Å². The molecule has 1 unspecified atom stereocenters. The Morgan fingerprint density at radius 2 is 2.11 bits per heavy atom. The summed E-state index contributed by atoms with van der Waals surface area (Å²) >= 11 is 0. The third-order valence-corrected chi connectivity index (χ3v) is 0.590. The van der Waals surface area contributed by atoms with Crippen molar-refractivity contribution in [1.82, 2.24) is 0 Å². The summed E-state index contributed by atoms with van der Waals surface area (Å²) in [5, 5.41) is 0. The molecular formula is C6H14FNO. The van der Waals surface area contributed by atoms with E-state index in [0.717, 1.165) is 0 Å². The van der Waals surface area contributed by atoms with E-state index >= 15 is 0 Å². The van der Waals surface area contributed by atoms with Crippen LogP contribution < -0.4 is 5.73 Å². The molecule has 0 radical (unpaired) electrons. The molecule has 56 valence electrons. The van der Waals surface area contributed by atoms with Crippen molar-refractivity contribution in [2.24, 2.45) is 5.73 Å². The van der Waals surface area contributed by atoms with Gasteiger partial charge in [-0.1, -0.05) is 13.8 Å². The summed E-state index contributed by atoms with van der Waals surface area (Å²) in [7, 11) is 0. The standard InChI is InChI=1S/C4H8FNO.C2H6/c5-4(3-7)1-2-6;1-2/h3-4H,1-2,6H2;1-2H3. The van der Waals surface area contributed by atoms with Gasteiger partial charge in [-0.25, -0.2) is 4.39 Å². The second-order valence-electron chi connectivity index (χ2n) is 1.23. The molecule has 0 aliphatic rings. The molecule has 0 aromatic carbocycles. The molecule has 2 N–H and O–H groups in total. The molecule has 2 nitrogen and oxygen atoms in total. The van der Waals surface area contributed by atoms with Crippen molar-refractivity contribution in [3.05, 3.63) is 0 Å². The summed E-state index contributed by atoms with van der Waals surface area (Å²) in [5.74, 6) is 0. The fraction of sp³-hybridized carbons (Fsp3) is 0.833. The van der Waals surface area contributed by atoms with E-state index in [-0.39, 0.29) is 19.3 Å². The first-order valence-electron chi connectivity index (χ1n) is 3.10. The minimum atomic E-state index is -1.36. The van der Waals surface area contributed by atoms with Gasteiger partial charge in [-0.2, -0.15) is 0 Å². The van der Waals surface area contributed by atoms with E-state index in [0.29, 0.717) is 0 Å². The van der Waals surface area contributed by atoms with Crippen LogP contribution in [0.5, 0.6) is 0 Å². The van der Waals surface area contributed by atoms with Crippen LogP contribution in [0.3, 0.4) is 0 Å². The van der Waals surface area contributed by atoms with Crippen LogP contribution >= 0.6 is 0 Å². The summed E-state index contributed by atoms with van der Waals surface area (Å²) in [6.07, 6.45) is -0.957. The minimum absolute atomic E-state index is 0.142. The van der Waals surface area contributed by atoms with Crippen molar-refractivity contribution in [1.29, 1.82) is 0 Å². The molecule has 0 amide bonds. The topological polar surface area (TPSA) is 43.1 Å². The molecule has 0 bridgehead atoms. The minimum Gasteiger partial charge on any atom is -0.330 e. The zero-order valence-electron chi connectivity index (χ0n) is 5.93. The Hall–Kier alpha value is -0.440. The molecule has 0 saturated heterocycles. The molecule has 1 atom stereocenters. The molecule has 0 aromatic rings. The Bertz CT molecular complexity index is 59.0. The highest BCUT2D eigenvalue weighted by molar-refractivity contribution is 5.55. The summed E-state index contributed by atoms with van der Waals surface area (Å²) in [4.78, 5) is 9.46. The Morgan fingerprint density at radius 1 is 1.67 bits per heavy atom. The zero-order chi connectivity index (χ0) is 7.70. The number of carbonyl (C=O) groups excluding carboxylic acids is 1. The van der Waals surface area contributed by atoms with Gasteiger partial charge < -0.3 is 10.5 Å². The summed E-state index contributed by atoms with van der Waals surface area (Å²) < 4.78 is 11.7. The SMILES string of the molecule is CC.NCCC(F)C=O. The van der Waals surface area contributed by atoms with Crippen molar-refractivity contribution in [3.63, 3.8) is 0 Å². The maximum Gasteiger partial charge on any atom is 0.156 e. The first-order valence-corrected chi connectivity index (χ1v) is 3.10. The number of alkyl halides is 1. The van der Waals surface area contributed by atoms with Gasteiger partial charge in [0.2, 0.25) is 0 Å². The Labute approximate surface area is 55.2 Å². The molecule has 9 heavy (non-hydrogen) atoms. The van der Waals surface area contributed by atoms with Gasteiger partial charge in [0.25, 0.3) is 0 Å². The van der Waals surface area contributed by atoms with Crippen LogP contribution in [0.25, 0.3) is 0 Å². The summed E-state index contributed by atoms with van der Waals surface area (Å²) in [6, 6.07) is 0. The fourth-order valence-electron chi connectivity index (χ4n) is 0.227. The van der Waals surface area contributed by atoms with Crippen molar-refractivity contribution >= 4 is 6.29 Å². The molecule has 0 spiro atoms. The summed E-state index contributed by atoms with van der Waals surface area (Å²) in [5.41, 5.74) is 4.91. The lowest BCUT2D eigenvalue weighted by molar-refractivity contribution is -0.112. The second-order valence-corrected chi connectivity index (χ2v) is 1.23. The van der Waals surface area contributed by atoms with Crippen LogP contribution in [0.1, 0.15) is 20.3 Å². The number of rotatable bonds is 3. The van der Waals surface area contributed by atoms with Crippen LogP contribution in [0.2, 0.25) is 0 Å². The van der Waals surface area contributed by atoms with Gasteiger partial charge in [0.05, 0.1) is 0 Å². The molecule has 0 saturated carbocycles. The van der Waals surface area contributed by atoms with Crippen molar-refractivity contribution in [2.75, 3.05) is 6.54 Å². The highest BCUT2D eigenvalue weighted by Gasteiger charge is 1.98. The second kappa shape index (κ2) is 10.5. The average molecular weight is 135 g/mol. The molecule has 0 fully saturated rings. The maximum atomic E-state index is 11.7.